The molecule has 0 bridgehead atoms. The number of nitrogens with zero attached hydrogens (tertiary/aromatic N) is 1. The number of hydrogen-bond donors (Lipinski definition) is 0. The predicted molar refractivity (Wildman–Crippen MR) is 56.8 cm³/mol. The molecule has 0 N–H and O–H groups in total. The molecule has 1 aliphatic heterocycles. The van der Waals surface area contributed by atoms with Crippen molar-refractivity contribution in [1.82, 2.24) is 5.32 Å². The Morgan fingerprint density at radius 1 is 1.21 bits per heavy atom. The van der Waals surface area contributed by atoms with E-state index in [1.54, 1.807) is 7.11 Å². The second-order valence-electron chi connectivity index (χ2n) is 3.69. The lowest BCUT2D eigenvalue weighted by Crippen LogP contribution is -2.21. The molecule has 0 saturated carbocycles. The van der Waals surface area contributed by atoms with Gasteiger partial charge in [-0.1, -0.05) is 18.2 Å². The van der Waals surface area contributed by atoms with Crippen molar-refractivity contribution in [2.45, 2.75) is 18.8 Å². The Bertz CT molecular complexity index is 292. The summed E-state index contributed by atoms with van der Waals surface area (Å²) in [5.41, 5.74) is 1.35. The van der Waals surface area contributed by atoms with Crippen molar-refractivity contribution in [2.24, 2.45) is 0 Å². The molecule has 0 aromatic heterocycles. The second kappa shape index (κ2) is 4.47. The number of rotatable bonds is 2. The largest absolute Gasteiger partial charge is 0.496 e. The van der Waals surface area contributed by atoms with Gasteiger partial charge in [0.1, 0.15) is 5.75 Å². The van der Waals surface area contributed by atoms with Gasteiger partial charge in [-0.2, -0.15) is 0 Å². The van der Waals surface area contributed by atoms with Crippen LogP contribution in [0.3, 0.4) is 0 Å². The highest BCUT2D eigenvalue weighted by atomic mass is 16.5. The molecule has 0 aliphatic carbocycles. The number of hydrogen-bond acceptors (Lipinski definition) is 1. The minimum atomic E-state index is 0.642. The molecule has 14 heavy (non-hydrogen) atoms. The molecule has 1 saturated heterocycles. The third-order valence-electron chi connectivity index (χ3n) is 2.85. The Morgan fingerprint density at radius 3 is 2.64 bits per heavy atom. The lowest BCUT2D eigenvalue weighted by molar-refractivity contribution is 0.390. The van der Waals surface area contributed by atoms with Gasteiger partial charge in [-0.25, -0.2) is 5.32 Å². The van der Waals surface area contributed by atoms with Crippen molar-refractivity contribution in [3.63, 3.8) is 0 Å². The summed E-state index contributed by atoms with van der Waals surface area (Å²) in [4.78, 5) is 0. The Morgan fingerprint density at radius 2 is 1.93 bits per heavy atom. The van der Waals surface area contributed by atoms with Crippen molar-refractivity contribution in [3.05, 3.63) is 29.8 Å². The fourth-order valence-corrected chi connectivity index (χ4v) is 2.07. The normalized spacial score (nSPS) is 18.1. The molecule has 0 spiro atoms. The van der Waals surface area contributed by atoms with E-state index >= 15 is 0 Å². The SMILES string of the molecule is COc1ccccc1C1CC[N]CC1. The molecule has 1 aromatic carbocycles. The first kappa shape index (κ1) is 9.53. The summed E-state index contributed by atoms with van der Waals surface area (Å²) in [7, 11) is 1.74. The van der Waals surface area contributed by atoms with E-state index in [-0.39, 0.29) is 0 Å². The molecule has 0 amide bonds. The summed E-state index contributed by atoms with van der Waals surface area (Å²) in [6.07, 6.45) is 2.33. The molecule has 1 aromatic rings. The highest BCUT2D eigenvalue weighted by Crippen LogP contribution is 2.32. The first-order valence-electron chi connectivity index (χ1n) is 5.18. The van der Waals surface area contributed by atoms with Gasteiger partial charge < -0.3 is 4.74 Å². The molecule has 75 valence electrons. The molecule has 0 atom stereocenters. The van der Waals surface area contributed by atoms with Crippen LogP contribution < -0.4 is 10.1 Å². The lowest BCUT2D eigenvalue weighted by Gasteiger charge is -2.23. The molecule has 2 nitrogen and oxygen atoms in total. The number of benzene rings is 1. The Kier molecular flexibility index (Phi) is 3.04. The standard InChI is InChI=1S/C12H16NO/c1-14-12-5-3-2-4-11(12)10-6-8-13-9-7-10/h2-5,10H,6-9H2,1H3. The summed E-state index contributed by atoms with van der Waals surface area (Å²) in [6.45, 7) is 2.01. The summed E-state index contributed by atoms with van der Waals surface area (Å²) in [5, 5.41) is 4.37. The van der Waals surface area contributed by atoms with Crippen LogP contribution in [0.25, 0.3) is 0 Å². The average molecular weight is 190 g/mol. The number of methoxy groups -OCH3 is 1. The van der Waals surface area contributed by atoms with Crippen LogP contribution in [0.5, 0.6) is 5.75 Å². The van der Waals surface area contributed by atoms with Gasteiger partial charge in [0.15, 0.2) is 0 Å². The summed E-state index contributed by atoms with van der Waals surface area (Å²) in [5.74, 6) is 1.67. The van der Waals surface area contributed by atoms with E-state index in [2.05, 4.69) is 17.4 Å². The van der Waals surface area contributed by atoms with Gasteiger partial charge in [-0.15, -0.1) is 0 Å². The molecule has 1 aliphatic rings. The summed E-state index contributed by atoms with van der Waals surface area (Å²) < 4.78 is 5.37. The van der Waals surface area contributed by atoms with Gasteiger partial charge in [0, 0.05) is 13.1 Å². The Hall–Kier alpha value is -1.02. The maximum Gasteiger partial charge on any atom is 0.122 e. The molecular weight excluding hydrogens is 174 g/mol. The van der Waals surface area contributed by atoms with E-state index in [1.165, 1.54) is 18.4 Å². The van der Waals surface area contributed by atoms with Crippen LogP contribution in [0, 0.1) is 0 Å². The number of para-hydroxylation sites is 1. The smallest absolute Gasteiger partial charge is 0.122 e. The van der Waals surface area contributed by atoms with E-state index in [1.807, 2.05) is 12.1 Å². The molecule has 1 radical (unpaired) electrons. The fraction of sp³-hybridized carbons (Fsp3) is 0.500. The molecule has 2 heteroatoms. The molecule has 0 unspecified atom stereocenters. The first-order chi connectivity index (χ1) is 6.92. The zero-order valence-electron chi connectivity index (χ0n) is 8.57. The number of piperidine rings is 1. The second-order valence-corrected chi connectivity index (χ2v) is 3.69. The van der Waals surface area contributed by atoms with Crippen molar-refractivity contribution in [3.8, 4) is 5.75 Å². The van der Waals surface area contributed by atoms with Crippen molar-refractivity contribution in [1.29, 1.82) is 0 Å². The monoisotopic (exact) mass is 190 g/mol. The Balaban J connectivity index is 2.20. The third kappa shape index (κ3) is 1.90. The summed E-state index contributed by atoms with van der Waals surface area (Å²) in [6, 6.07) is 8.33. The van der Waals surface area contributed by atoms with Crippen LogP contribution in [-0.2, 0) is 0 Å². The van der Waals surface area contributed by atoms with Crippen LogP contribution in [0.2, 0.25) is 0 Å². The van der Waals surface area contributed by atoms with Gasteiger partial charge in [0.2, 0.25) is 0 Å². The topological polar surface area (TPSA) is 23.3 Å². The van der Waals surface area contributed by atoms with E-state index in [0.29, 0.717) is 5.92 Å². The minimum Gasteiger partial charge on any atom is -0.496 e. The van der Waals surface area contributed by atoms with E-state index < -0.39 is 0 Å². The van der Waals surface area contributed by atoms with Crippen LogP contribution in [0.1, 0.15) is 24.3 Å². The van der Waals surface area contributed by atoms with Gasteiger partial charge in [0.05, 0.1) is 7.11 Å². The first-order valence-corrected chi connectivity index (χ1v) is 5.18. The van der Waals surface area contributed by atoms with Gasteiger partial charge in [0.25, 0.3) is 0 Å². The van der Waals surface area contributed by atoms with E-state index in [9.17, 15) is 0 Å². The van der Waals surface area contributed by atoms with E-state index in [0.717, 1.165) is 18.8 Å². The predicted octanol–water partition coefficient (Wildman–Crippen LogP) is 2.18. The van der Waals surface area contributed by atoms with E-state index in [4.69, 9.17) is 4.74 Å². The van der Waals surface area contributed by atoms with Gasteiger partial charge >= 0.3 is 0 Å². The highest BCUT2D eigenvalue weighted by Gasteiger charge is 2.18. The van der Waals surface area contributed by atoms with Crippen molar-refractivity contribution in [2.75, 3.05) is 20.2 Å². The van der Waals surface area contributed by atoms with Gasteiger partial charge in [-0.3, -0.25) is 0 Å². The zero-order valence-corrected chi connectivity index (χ0v) is 8.57. The third-order valence-corrected chi connectivity index (χ3v) is 2.85. The quantitative estimate of drug-likeness (QED) is 0.701. The number of ether oxygens (including phenoxy) is 1. The highest BCUT2D eigenvalue weighted by molar-refractivity contribution is 5.36. The van der Waals surface area contributed by atoms with Crippen LogP contribution in [0.4, 0.5) is 0 Å². The molecule has 1 fully saturated rings. The maximum absolute atomic E-state index is 5.37. The molecule has 1 heterocycles. The lowest BCUT2D eigenvalue weighted by atomic mass is 9.90. The Labute approximate surface area is 85.3 Å². The zero-order chi connectivity index (χ0) is 9.80. The van der Waals surface area contributed by atoms with Crippen LogP contribution in [0.15, 0.2) is 24.3 Å². The van der Waals surface area contributed by atoms with Gasteiger partial charge in [-0.05, 0) is 30.4 Å². The van der Waals surface area contributed by atoms with Crippen LogP contribution in [-0.4, -0.2) is 20.2 Å². The fourth-order valence-electron chi connectivity index (χ4n) is 2.07. The average Bonchev–Trinajstić information content (AvgIpc) is 2.30. The maximum atomic E-state index is 5.37. The van der Waals surface area contributed by atoms with Crippen molar-refractivity contribution >= 4 is 0 Å². The minimum absolute atomic E-state index is 0.642. The molecule has 2 rings (SSSR count). The van der Waals surface area contributed by atoms with Crippen LogP contribution >= 0.6 is 0 Å². The van der Waals surface area contributed by atoms with Crippen molar-refractivity contribution < 1.29 is 4.74 Å². The summed E-state index contributed by atoms with van der Waals surface area (Å²) >= 11 is 0. The molecular formula is C12H16NO.